The fourth-order valence-corrected chi connectivity index (χ4v) is 2.89. The Morgan fingerprint density at radius 3 is 2.65 bits per heavy atom. The lowest BCUT2D eigenvalue weighted by molar-refractivity contribution is -0.0880. The van der Waals surface area contributed by atoms with E-state index in [9.17, 15) is 4.79 Å². The largest absolute Gasteiger partial charge is 0.444 e. The summed E-state index contributed by atoms with van der Waals surface area (Å²) in [7, 11) is 1.84. The second-order valence-corrected chi connectivity index (χ2v) is 7.29. The van der Waals surface area contributed by atoms with Gasteiger partial charge in [0.15, 0.2) is 0 Å². The van der Waals surface area contributed by atoms with Crippen LogP contribution in [-0.4, -0.2) is 33.6 Å². The number of alkyl carbamates (subject to hydrolysis) is 1. The molecule has 2 rings (SSSR count). The van der Waals surface area contributed by atoms with Gasteiger partial charge < -0.3 is 20.5 Å². The predicted molar refractivity (Wildman–Crippen MR) is 87.8 cm³/mol. The van der Waals surface area contributed by atoms with Crippen molar-refractivity contribution in [2.75, 3.05) is 5.73 Å². The number of hydrogen-bond donors (Lipinski definition) is 2. The lowest BCUT2D eigenvalue weighted by Gasteiger charge is -2.39. The van der Waals surface area contributed by atoms with Gasteiger partial charge >= 0.3 is 6.09 Å². The Morgan fingerprint density at radius 2 is 2.13 bits per heavy atom. The molecule has 0 bridgehead atoms. The van der Waals surface area contributed by atoms with E-state index in [4.69, 9.17) is 15.2 Å². The molecule has 0 radical (unpaired) electrons. The first-order chi connectivity index (χ1) is 10.6. The molecule has 4 unspecified atom stereocenters. The van der Waals surface area contributed by atoms with Crippen molar-refractivity contribution in [2.45, 2.75) is 64.9 Å². The average molecular weight is 324 g/mol. The van der Waals surface area contributed by atoms with E-state index in [1.165, 1.54) is 0 Å². The average Bonchev–Trinajstić information content (AvgIpc) is 2.72. The van der Waals surface area contributed by atoms with Crippen molar-refractivity contribution in [3.8, 4) is 0 Å². The van der Waals surface area contributed by atoms with E-state index in [2.05, 4.69) is 17.3 Å². The minimum absolute atomic E-state index is 0.0111. The van der Waals surface area contributed by atoms with E-state index in [1.807, 2.05) is 34.7 Å². The molecule has 3 N–H and O–H groups in total. The van der Waals surface area contributed by atoms with Crippen molar-refractivity contribution in [1.82, 2.24) is 15.1 Å². The smallest absolute Gasteiger partial charge is 0.407 e. The van der Waals surface area contributed by atoms with Gasteiger partial charge in [-0.15, -0.1) is 0 Å². The lowest BCUT2D eigenvalue weighted by atomic mass is 9.87. The lowest BCUT2D eigenvalue weighted by Crippen LogP contribution is -2.49. The molecule has 0 saturated carbocycles. The number of nitrogen functional groups attached to an aromatic ring is 1. The fourth-order valence-electron chi connectivity index (χ4n) is 2.89. The van der Waals surface area contributed by atoms with E-state index in [0.717, 1.165) is 5.69 Å². The van der Waals surface area contributed by atoms with Crippen molar-refractivity contribution in [1.29, 1.82) is 0 Å². The summed E-state index contributed by atoms with van der Waals surface area (Å²) in [6.45, 7) is 9.62. The van der Waals surface area contributed by atoms with Crippen LogP contribution >= 0.6 is 0 Å². The third-order valence-electron chi connectivity index (χ3n) is 4.24. The van der Waals surface area contributed by atoms with Crippen LogP contribution < -0.4 is 11.1 Å². The normalized spacial score (nSPS) is 28.4. The number of carbonyl (C=O) groups excluding carboxylic acids is 1. The minimum atomic E-state index is -0.518. The minimum Gasteiger partial charge on any atom is -0.444 e. The maximum atomic E-state index is 12.1. The van der Waals surface area contributed by atoms with Crippen molar-refractivity contribution in [2.24, 2.45) is 13.0 Å². The van der Waals surface area contributed by atoms with E-state index < -0.39 is 11.7 Å². The number of ether oxygens (including phenoxy) is 2. The van der Waals surface area contributed by atoms with Crippen LogP contribution in [0.25, 0.3) is 0 Å². The molecule has 7 nitrogen and oxygen atoms in total. The molecule has 0 aromatic carbocycles. The quantitative estimate of drug-likeness (QED) is 0.871. The highest BCUT2D eigenvalue weighted by molar-refractivity contribution is 5.68. The second kappa shape index (κ2) is 6.39. The third-order valence-corrected chi connectivity index (χ3v) is 4.24. The summed E-state index contributed by atoms with van der Waals surface area (Å²) in [5.74, 6) is 0.174. The maximum absolute atomic E-state index is 12.1. The molecular formula is C16H28N4O3. The molecule has 2 heterocycles. The molecule has 1 saturated heterocycles. The highest BCUT2D eigenvalue weighted by Crippen LogP contribution is 2.36. The summed E-state index contributed by atoms with van der Waals surface area (Å²) >= 11 is 0. The number of anilines is 1. The number of nitrogens with zero attached hydrogens (tertiary/aromatic N) is 2. The van der Waals surface area contributed by atoms with Crippen LogP contribution in [0.1, 0.15) is 52.8 Å². The van der Waals surface area contributed by atoms with E-state index in [1.54, 1.807) is 10.9 Å². The molecule has 1 aliphatic heterocycles. The highest BCUT2D eigenvalue weighted by atomic mass is 16.6. The molecule has 1 amide bonds. The summed E-state index contributed by atoms with van der Waals surface area (Å²) in [6.07, 6.45) is 1.64. The number of aromatic nitrogens is 2. The molecule has 23 heavy (non-hydrogen) atoms. The Balaban J connectivity index is 2.12. The van der Waals surface area contributed by atoms with Gasteiger partial charge in [0.25, 0.3) is 0 Å². The number of nitrogens with one attached hydrogen (secondary N) is 1. The van der Waals surface area contributed by atoms with Crippen molar-refractivity contribution < 1.29 is 14.3 Å². The van der Waals surface area contributed by atoms with Crippen LogP contribution in [-0.2, 0) is 16.5 Å². The van der Waals surface area contributed by atoms with Gasteiger partial charge in [-0.3, -0.25) is 4.68 Å². The SMILES string of the molecule is CC1OC(c2c(N)cnn2C)CC(NC(=O)OC(C)(C)C)C1C. The van der Waals surface area contributed by atoms with Crippen molar-refractivity contribution in [3.63, 3.8) is 0 Å². The standard InChI is InChI=1S/C16H28N4O3/c1-9-10(2)22-13(14-11(17)8-18-20(14)6)7-12(9)19-15(21)23-16(3,4)5/h8-10,12-13H,7,17H2,1-6H3,(H,19,21). The summed E-state index contributed by atoms with van der Waals surface area (Å²) < 4.78 is 13.2. The number of carbonyl (C=O) groups is 1. The topological polar surface area (TPSA) is 91.4 Å². The highest BCUT2D eigenvalue weighted by Gasteiger charge is 2.37. The van der Waals surface area contributed by atoms with Crippen molar-refractivity contribution in [3.05, 3.63) is 11.9 Å². The van der Waals surface area contributed by atoms with Crippen LogP contribution in [0, 0.1) is 5.92 Å². The Bertz CT molecular complexity index is 545. The number of rotatable bonds is 2. The number of hydrogen-bond acceptors (Lipinski definition) is 5. The molecule has 1 fully saturated rings. The Labute approximate surface area is 137 Å². The zero-order valence-corrected chi connectivity index (χ0v) is 14.8. The molecule has 4 atom stereocenters. The molecule has 7 heteroatoms. The van der Waals surface area contributed by atoms with Gasteiger partial charge in [0, 0.05) is 25.4 Å². The van der Waals surface area contributed by atoms with Crippen LogP contribution in [0.2, 0.25) is 0 Å². The number of nitrogens with two attached hydrogens (primary N) is 1. The zero-order valence-electron chi connectivity index (χ0n) is 14.8. The summed E-state index contributed by atoms with van der Waals surface area (Å²) in [5.41, 5.74) is 6.94. The second-order valence-electron chi connectivity index (χ2n) is 7.29. The maximum Gasteiger partial charge on any atom is 0.407 e. The first-order valence-corrected chi connectivity index (χ1v) is 8.01. The molecule has 0 aliphatic carbocycles. The van der Waals surface area contributed by atoms with E-state index in [-0.39, 0.29) is 24.2 Å². The summed E-state index contributed by atoms with van der Waals surface area (Å²) in [6, 6.07) is -0.0482. The van der Waals surface area contributed by atoms with Gasteiger partial charge in [0.1, 0.15) is 11.7 Å². The van der Waals surface area contributed by atoms with Crippen LogP contribution in [0.4, 0.5) is 10.5 Å². The van der Waals surface area contributed by atoms with Crippen LogP contribution in [0.5, 0.6) is 0 Å². The number of aryl methyl sites for hydroxylation is 1. The van der Waals surface area contributed by atoms with Gasteiger partial charge in [-0.25, -0.2) is 4.79 Å². The molecule has 130 valence electrons. The Hall–Kier alpha value is -1.76. The molecule has 1 aromatic heterocycles. The van der Waals surface area contributed by atoms with Gasteiger partial charge in [-0.2, -0.15) is 5.10 Å². The molecule has 1 aliphatic rings. The van der Waals surface area contributed by atoms with Crippen molar-refractivity contribution >= 4 is 11.8 Å². The predicted octanol–water partition coefficient (Wildman–Crippen LogP) is 2.38. The van der Waals surface area contributed by atoms with Gasteiger partial charge in [0.05, 0.1) is 23.7 Å². The Morgan fingerprint density at radius 1 is 1.48 bits per heavy atom. The number of amides is 1. The zero-order chi connectivity index (χ0) is 17.4. The third kappa shape index (κ3) is 4.16. The van der Waals surface area contributed by atoms with Crippen LogP contribution in [0.15, 0.2) is 6.20 Å². The fraction of sp³-hybridized carbons (Fsp3) is 0.750. The molecular weight excluding hydrogens is 296 g/mol. The molecule has 1 aromatic rings. The Kier molecular flexibility index (Phi) is 4.89. The first kappa shape index (κ1) is 17.6. The van der Waals surface area contributed by atoms with E-state index >= 15 is 0 Å². The van der Waals surface area contributed by atoms with Gasteiger partial charge in [-0.05, 0) is 27.7 Å². The van der Waals surface area contributed by atoms with Crippen LogP contribution in [0.3, 0.4) is 0 Å². The monoisotopic (exact) mass is 324 g/mol. The van der Waals surface area contributed by atoms with Gasteiger partial charge in [0.2, 0.25) is 0 Å². The molecule has 0 spiro atoms. The van der Waals surface area contributed by atoms with E-state index in [0.29, 0.717) is 12.1 Å². The summed E-state index contributed by atoms with van der Waals surface area (Å²) in [4.78, 5) is 12.1. The van der Waals surface area contributed by atoms with Gasteiger partial charge in [-0.1, -0.05) is 6.92 Å². The first-order valence-electron chi connectivity index (χ1n) is 8.01. The summed E-state index contributed by atoms with van der Waals surface area (Å²) in [5, 5.41) is 7.14.